The molecule has 0 N–H and O–H groups in total. The van der Waals surface area contributed by atoms with E-state index >= 15 is 0 Å². The van der Waals surface area contributed by atoms with E-state index in [2.05, 4.69) is 18.2 Å². The van der Waals surface area contributed by atoms with E-state index in [1.807, 2.05) is 97.1 Å². The van der Waals surface area contributed by atoms with Crippen LogP contribution in [-0.4, -0.2) is 15.0 Å². The summed E-state index contributed by atoms with van der Waals surface area (Å²) in [6.07, 6.45) is 0. The minimum Gasteiger partial charge on any atom is -0.456 e. The van der Waals surface area contributed by atoms with Crippen molar-refractivity contribution in [3.63, 3.8) is 0 Å². The SMILES string of the molecule is [2H]c1c([2H])c([2H])c2c(sc3c([2H])c(-c4nc(-c5ccccc5)nc(-c5cccc6c5sc5ccccc56)n4)c([2H])c([2H])c32)c1-c1ccc2oc3ccccc3c2c1. The van der Waals surface area contributed by atoms with E-state index < -0.39 is 0 Å². The van der Waals surface area contributed by atoms with E-state index in [0.717, 1.165) is 47.7 Å². The Morgan fingerprint density at radius 1 is 0.451 bits per heavy atom. The predicted octanol–water partition coefficient (Wildman–Crippen LogP) is 13.2. The summed E-state index contributed by atoms with van der Waals surface area (Å²) >= 11 is 2.84. The first kappa shape index (κ1) is 23.2. The first-order chi connectivity index (χ1) is 27.8. The van der Waals surface area contributed by atoms with Gasteiger partial charge in [-0.25, -0.2) is 15.0 Å². The van der Waals surface area contributed by atoms with Gasteiger partial charge in [0.15, 0.2) is 17.5 Å². The van der Waals surface area contributed by atoms with Crippen molar-refractivity contribution in [1.29, 1.82) is 0 Å². The standard InChI is InChI=1S/C45H25N3OS2/c1-2-10-26(11-3-1)43-46-44(48-45(47-43)35-17-9-16-33-31-13-5-7-19-39(31)50-42(33)35)28-20-22-32-34-15-8-14-29(41(34)51-40(32)25-28)27-21-23-38-36(24-27)30-12-4-6-18-37(30)49-38/h1-25H/i8D,14D,15D,20D,22D,25D. The van der Waals surface area contributed by atoms with E-state index in [1.165, 1.54) is 11.3 Å². The van der Waals surface area contributed by atoms with Gasteiger partial charge in [0.25, 0.3) is 0 Å². The van der Waals surface area contributed by atoms with Crippen LogP contribution in [0, 0.1) is 0 Å². The molecule has 0 aliphatic carbocycles. The number of furan rings is 1. The van der Waals surface area contributed by atoms with Crippen molar-refractivity contribution >= 4 is 85.0 Å². The lowest BCUT2D eigenvalue weighted by atomic mass is 10.0. The van der Waals surface area contributed by atoms with Crippen molar-refractivity contribution in [1.82, 2.24) is 15.0 Å². The highest BCUT2D eigenvalue weighted by Crippen LogP contribution is 2.43. The highest BCUT2D eigenvalue weighted by atomic mass is 32.1. The summed E-state index contributed by atoms with van der Waals surface area (Å²) in [6.45, 7) is 0. The molecule has 0 bridgehead atoms. The van der Waals surface area contributed by atoms with Crippen LogP contribution in [0.3, 0.4) is 0 Å². The molecule has 0 saturated carbocycles. The fourth-order valence-electron chi connectivity index (χ4n) is 6.86. The molecular weight excluding hydrogens is 663 g/mol. The number of nitrogens with zero attached hydrogens (tertiary/aromatic N) is 3. The van der Waals surface area contributed by atoms with Crippen LogP contribution in [-0.2, 0) is 0 Å². The van der Waals surface area contributed by atoms with E-state index in [1.54, 1.807) is 11.3 Å². The van der Waals surface area contributed by atoms with Crippen LogP contribution < -0.4 is 0 Å². The molecule has 7 aromatic carbocycles. The topological polar surface area (TPSA) is 51.8 Å². The van der Waals surface area contributed by atoms with Gasteiger partial charge in [0.05, 0.1) is 8.22 Å². The Morgan fingerprint density at radius 3 is 2.10 bits per heavy atom. The number of hydrogen-bond donors (Lipinski definition) is 0. The molecule has 0 aliphatic heterocycles. The average Bonchev–Trinajstić information content (AvgIpc) is 3.94. The number of thiophene rings is 2. The van der Waals surface area contributed by atoms with Crippen molar-refractivity contribution < 1.29 is 12.6 Å². The molecule has 0 spiro atoms. The maximum Gasteiger partial charge on any atom is 0.165 e. The molecule has 4 nitrogen and oxygen atoms in total. The lowest BCUT2D eigenvalue weighted by Gasteiger charge is -2.09. The Morgan fingerprint density at radius 2 is 1.18 bits per heavy atom. The van der Waals surface area contributed by atoms with Gasteiger partial charge >= 0.3 is 0 Å². The zero-order valence-corrected chi connectivity index (χ0v) is 28.2. The Kier molecular flexibility index (Phi) is 5.08. The molecule has 11 rings (SSSR count). The monoisotopic (exact) mass is 693 g/mol. The third-order valence-electron chi connectivity index (χ3n) is 9.26. The maximum atomic E-state index is 9.67. The minimum atomic E-state index is -0.291. The normalized spacial score (nSPS) is 13.6. The molecule has 0 saturated heterocycles. The smallest absolute Gasteiger partial charge is 0.165 e. The van der Waals surface area contributed by atoms with Crippen molar-refractivity contribution in [2.24, 2.45) is 0 Å². The van der Waals surface area contributed by atoms with Crippen LogP contribution >= 0.6 is 22.7 Å². The quantitative estimate of drug-likeness (QED) is 0.184. The van der Waals surface area contributed by atoms with Gasteiger partial charge in [-0.1, -0.05) is 115 Å². The fraction of sp³-hybridized carbons (Fsp3) is 0. The van der Waals surface area contributed by atoms with Crippen LogP contribution in [0.5, 0.6) is 0 Å². The second kappa shape index (κ2) is 11.2. The van der Waals surface area contributed by atoms with Gasteiger partial charge in [-0.2, -0.15) is 0 Å². The third-order valence-corrected chi connectivity index (χ3v) is 11.6. The largest absolute Gasteiger partial charge is 0.456 e. The number of fused-ring (bicyclic) bond motifs is 9. The van der Waals surface area contributed by atoms with Crippen molar-refractivity contribution in [3.8, 4) is 45.3 Å². The molecule has 238 valence electrons. The molecule has 0 atom stereocenters. The first-order valence-corrected chi connectivity index (χ1v) is 18.0. The van der Waals surface area contributed by atoms with Crippen LogP contribution in [0.25, 0.3) is 108 Å². The molecule has 0 radical (unpaired) electrons. The lowest BCUT2D eigenvalue weighted by Crippen LogP contribution is -2.00. The molecular formula is C45H25N3OS2. The molecule has 11 aromatic rings. The zero-order chi connectivity index (χ0) is 38.7. The predicted molar refractivity (Wildman–Crippen MR) is 215 cm³/mol. The number of aromatic nitrogens is 3. The first-order valence-electron chi connectivity index (χ1n) is 19.4. The molecule has 0 amide bonds. The Bertz CT molecular complexity index is 3510. The van der Waals surface area contributed by atoms with Crippen LogP contribution in [0.15, 0.2) is 156 Å². The summed E-state index contributed by atoms with van der Waals surface area (Å²) in [5.74, 6) is 0.838. The van der Waals surface area contributed by atoms with E-state index in [0.29, 0.717) is 37.8 Å². The summed E-state index contributed by atoms with van der Waals surface area (Å²) in [6, 6.07) is 35.9. The number of para-hydroxylation sites is 1. The molecule has 6 heteroatoms. The number of rotatable bonds is 4. The van der Waals surface area contributed by atoms with Crippen molar-refractivity contribution in [3.05, 3.63) is 152 Å². The maximum absolute atomic E-state index is 9.67. The van der Waals surface area contributed by atoms with Crippen LogP contribution in [0.1, 0.15) is 8.22 Å². The van der Waals surface area contributed by atoms with Gasteiger partial charge in [-0.15, -0.1) is 22.7 Å². The molecule has 51 heavy (non-hydrogen) atoms. The molecule has 4 heterocycles. The Hall–Kier alpha value is -6.21. The average molecular weight is 694 g/mol. The van der Waals surface area contributed by atoms with Gasteiger partial charge in [-0.05, 0) is 47.5 Å². The van der Waals surface area contributed by atoms with Gasteiger partial charge in [0.1, 0.15) is 11.2 Å². The van der Waals surface area contributed by atoms with Gasteiger partial charge < -0.3 is 4.42 Å². The molecule has 4 aromatic heterocycles. The van der Waals surface area contributed by atoms with Crippen LogP contribution in [0.2, 0.25) is 0 Å². The molecule has 0 unspecified atom stereocenters. The number of hydrogen-bond acceptors (Lipinski definition) is 6. The Balaban J connectivity index is 1.18. The highest BCUT2D eigenvalue weighted by Gasteiger charge is 2.18. The molecule has 0 fully saturated rings. The number of benzene rings is 7. The van der Waals surface area contributed by atoms with Crippen molar-refractivity contribution in [2.45, 2.75) is 0 Å². The second-order valence-electron chi connectivity index (χ2n) is 12.3. The Labute approximate surface area is 308 Å². The zero-order valence-electron chi connectivity index (χ0n) is 32.5. The fourth-order valence-corrected chi connectivity index (χ4v) is 9.21. The third kappa shape index (κ3) is 4.54. The summed E-state index contributed by atoms with van der Waals surface area (Å²) in [5, 5.41) is 4.48. The summed E-state index contributed by atoms with van der Waals surface area (Å²) in [7, 11) is 0. The molecule has 0 aliphatic rings. The van der Waals surface area contributed by atoms with Gasteiger partial charge in [0.2, 0.25) is 0 Å². The van der Waals surface area contributed by atoms with Gasteiger partial charge in [-0.3, -0.25) is 0 Å². The van der Waals surface area contributed by atoms with Crippen molar-refractivity contribution in [2.75, 3.05) is 0 Å². The van der Waals surface area contributed by atoms with Gasteiger partial charge in [0, 0.05) is 67.8 Å². The highest BCUT2D eigenvalue weighted by molar-refractivity contribution is 7.26. The summed E-state index contributed by atoms with van der Waals surface area (Å²) < 4.78 is 64.6. The lowest BCUT2D eigenvalue weighted by molar-refractivity contribution is 0.669. The van der Waals surface area contributed by atoms with Crippen LogP contribution in [0.4, 0.5) is 0 Å². The second-order valence-corrected chi connectivity index (χ2v) is 14.3. The summed E-state index contributed by atoms with van der Waals surface area (Å²) in [5.41, 5.74) is 4.09. The summed E-state index contributed by atoms with van der Waals surface area (Å²) in [4.78, 5) is 14.8. The van der Waals surface area contributed by atoms with E-state index in [4.69, 9.17) is 23.5 Å². The minimum absolute atomic E-state index is 0.0666. The van der Waals surface area contributed by atoms with E-state index in [-0.39, 0.29) is 58.4 Å². The van der Waals surface area contributed by atoms with E-state index in [9.17, 15) is 4.11 Å².